The van der Waals surface area contributed by atoms with Gasteiger partial charge in [-0.05, 0) is 85.6 Å². The molecule has 0 amide bonds. The summed E-state index contributed by atoms with van der Waals surface area (Å²) in [6, 6.07) is 27.7. The van der Waals surface area contributed by atoms with E-state index in [0.717, 1.165) is 45.5 Å². The van der Waals surface area contributed by atoms with E-state index in [0.29, 0.717) is 0 Å². The predicted octanol–water partition coefficient (Wildman–Crippen LogP) is 11.3. The minimum atomic E-state index is 0. The quantitative estimate of drug-likeness (QED) is 0.168. The monoisotopic (exact) mass is 787 g/mol. The van der Waals surface area contributed by atoms with Gasteiger partial charge in [-0.15, -0.1) is 64.9 Å². The zero-order valence-electron chi connectivity index (χ0n) is 27.2. The molecule has 0 N–H and O–H groups in total. The average Bonchev–Trinajstić information content (AvgIpc) is 3.55. The molecule has 1 radical (unpaired) electrons. The SMILES string of the molecule is Cc1c[c-]c(-c2cc(C)c(C)cn2)cc1.Cc1cc2ccc3oc4c(-c5cc(CC(C)(C)C)c(C)cn5)[c-]ccc4c3c2s1.[Ir]. The Morgan fingerprint density at radius 1 is 0.800 bits per heavy atom. The van der Waals surface area contributed by atoms with Gasteiger partial charge in [-0.25, -0.2) is 0 Å². The third kappa shape index (κ3) is 6.97. The van der Waals surface area contributed by atoms with Crippen LogP contribution in [0.2, 0.25) is 0 Å². The van der Waals surface area contributed by atoms with Gasteiger partial charge < -0.3 is 14.4 Å². The molecular weight excluding hydrogens is 749 g/mol. The van der Waals surface area contributed by atoms with Crippen molar-refractivity contribution in [3.8, 4) is 22.5 Å². The first-order valence-electron chi connectivity index (χ1n) is 15.1. The Bertz CT molecular complexity index is 2130. The number of rotatable bonds is 3. The molecule has 3 aromatic carbocycles. The van der Waals surface area contributed by atoms with Gasteiger partial charge in [-0.1, -0.05) is 61.9 Å². The molecule has 45 heavy (non-hydrogen) atoms. The maximum absolute atomic E-state index is 6.36. The van der Waals surface area contributed by atoms with E-state index in [1.165, 1.54) is 48.2 Å². The molecule has 5 heteroatoms. The van der Waals surface area contributed by atoms with Gasteiger partial charge in [0.2, 0.25) is 0 Å². The van der Waals surface area contributed by atoms with Gasteiger partial charge >= 0.3 is 0 Å². The van der Waals surface area contributed by atoms with E-state index in [9.17, 15) is 0 Å². The van der Waals surface area contributed by atoms with Crippen molar-refractivity contribution in [2.45, 2.75) is 61.8 Å². The van der Waals surface area contributed by atoms with Gasteiger partial charge in [0.25, 0.3) is 0 Å². The first kappa shape index (κ1) is 32.8. The zero-order chi connectivity index (χ0) is 31.2. The Kier molecular flexibility index (Phi) is 9.46. The summed E-state index contributed by atoms with van der Waals surface area (Å²) >= 11 is 1.83. The van der Waals surface area contributed by atoms with Crippen LogP contribution in [-0.2, 0) is 26.5 Å². The third-order valence-electron chi connectivity index (χ3n) is 8.01. The van der Waals surface area contributed by atoms with E-state index in [4.69, 9.17) is 9.40 Å². The largest absolute Gasteiger partial charge is 0.501 e. The zero-order valence-corrected chi connectivity index (χ0v) is 30.4. The van der Waals surface area contributed by atoms with Gasteiger partial charge in [0.15, 0.2) is 0 Å². The van der Waals surface area contributed by atoms with E-state index >= 15 is 0 Å². The van der Waals surface area contributed by atoms with Crippen molar-refractivity contribution in [1.82, 2.24) is 9.97 Å². The van der Waals surface area contributed by atoms with Crippen LogP contribution in [0.1, 0.15) is 53.5 Å². The van der Waals surface area contributed by atoms with Crippen LogP contribution in [-0.4, -0.2) is 9.97 Å². The van der Waals surface area contributed by atoms with Crippen LogP contribution in [0, 0.1) is 52.2 Å². The fourth-order valence-electron chi connectivity index (χ4n) is 5.54. The maximum Gasteiger partial charge on any atom is 0.122 e. The summed E-state index contributed by atoms with van der Waals surface area (Å²) in [6.07, 6.45) is 4.91. The fourth-order valence-corrected chi connectivity index (χ4v) is 6.60. The summed E-state index contributed by atoms with van der Waals surface area (Å²) in [4.78, 5) is 10.5. The molecule has 3 nitrogen and oxygen atoms in total. The molecule has 0 aliphatic carbocycles. The Hall–Kier alpha value is -3.63. The first-order valence-corrected chi connectivity index (χ1v) is 15.9. The molecule has 4 aromatic heterocycles. The predicted molar refractivity (Wildman–Crippen MR) is 187 cm³/mol. The molecule has 0 spiro atoms. The van der Waals surface area contributed by atoms with Crippen molar-refractivity contribution in [1.29, 1.82) is 0 Å². The van der Waals surface area contributed by atoms with E-state index in [2.05, 4.69) is 121 Å². The number of fused-ring (bicyclic) bond motifs is 5. The Labute approximate surface area is 284 Å². The van der Waals surface area contributed by atoms with Crippen LogP contribution in [0.3, 0.4) is 0 Å². The third-order valence-corrected chi connectivity index (χ3v) is 9.09. The number of pyridine rings is 2. The molecule has 0 saturated carbocycles. The van der Waals surface area contributed by atoms with Gasteiger partial charge in [-0.3, -0.25) is 0 Å². The first-order chi connectivity index (χ1) is 21.0. The Morgan fingerprint density at radius 3 is 2.27 bits per heavy atom. The van der Waals surface area contributed by atoms with Crippen molar-refractivity contribution in [3.63, 3.8) is 0 Å². The summed E-state index contributed by atoms with van der Waals surface area (Å²) < 4.78 is 7.65. The summed E-state index contributed by atoms with van der Waals surface area (Å²) in [5.74, 6) is 0. The van der Waals surface area contributed by atoms with Crippen molar-refractivity contribution in [2.24, 2.45) is 5.41 Å². The second kappa shape index (κ2) is 13.0. The topological polar surface area (TPSA) is 38.9 Å². The van der Waals surface area contributed by atoms with E-state index in [1.807, 2.05) is 35.9 Å². The molecule has 4 heterocycles. The van der Waals surface area contributed by atoms with Crippen molar-refractivity contribution in [2.75, 3.05) is 0 Å². The Balaban J connectivity index is 0.000000212. The number of aromatic nitrogens is 2. The molecule has 0 atom stereocenters. The van der Waals surface area contributed by atoms with Gasteiger partial charge in [0.1, 0.15) is 5.58 Å². The number of aryl methyl sites for hydroxylation is 5. The molecule has 231 valence electrons. The average molecular weight is 787 g/mol. The van der Waals surface area contributed by atoms with Crippen molar-refractivity contribution in [3.05, 3.63) is 118 Å². The number of hydrogen-bond donors (Lipinski definition) is 0. The van der Waals surface area contributed by atoms with Crippen molar-refractivity contribution < 1.29 is 24.5 Å². The Morgan fingerprint density at radius 2 is 1.56 bits per heavy atom. The summed E-state index contributed by atoms with van der Waals surface area (Å²) in [7, 11) is 0. The van der Waals surface area contributed by atoms with Crippen LogP contribution in [0.4, 0.5) is 0 Å². The van der Waals surface area contributed by atoms with Crippen LogP contribution in [0.5, 0.6) is 0 Å². The molecule has 0 bridgehead atoms. The van der Waals surface area contributed by atoms with Gasteiger partial charge in [0, 0.05) is 47.5 Å². The van der Waals surface area contributed by atoms with Crippen LogP contribution in [0.25, 0.3) is 54.5 Å². The van der Waals surface area contributed by atoms with Gasteiger partial charge in [0.05, 0.1) is 5.58 Å². The summed E-state index contributed by atoms with van der Waals surface area (Å²) in [5.41, 5.74) is 12.2. The summed E-state index contributed by atoms with van der Waals surface area (Å²) in [6.45, 7) is 17.4. The molecular formula is C40H38IrN2OS-2. The molecule has 0 aliphatic heterocycles. The van der Waals surface area contributed by atoms with E-state index < -0.39 is 0 Å². The minimum Gasteiger partial charge on any atom is -0.501 e. The second-order valence-corrected chi connectivity index (χ2v) is 14.3. The van der Waals surface area contributed by atoms with E-state index in [-0.39, 0.29) is 25.5 Å². The minimum absolute atomic E-state index is 0. The number of benzene rings is 3. The van der Waals surface area contributed by atoms with E-state index in [1.54, 1.807) is 0 Å². The smallest absolute Gasteiger partial charge is 0.122 e. The standard InChI is InChI=1S/C26H24NOS.C14H14N.Ir/c1-15-14-27-21(12-18(15)13-26(3,4)5)19-7-6-8-20-23-22(28-24(19)20)10-9-17-11-16(2)29-25(17)23;1-10-4-6-13(7-5-10)14-8-11(2)12(3)9-15-14;/h6,8-12,14H,13H2,1-5H3;4-6,8-9H,1-3H3;/q2*-1;. The number of furan rings is 1. The van der Waals surface area contributed by atoms with Gasteiger partial charge in [-0.2, -0.15) is 0 Å². The second-order valence-electron chi connectivity index (χ2n) is 13.1. The molecule has 7 aromatic rings. The summed E-state index contributed by atoms with van der Waals surface area (Å²) in [5, 5.41) is 3.62. The normalized spacial score (nSPS) is 11.5. The molecule has 0 unspecified atom stereocenters. The number of hydrogen-bond acceptors (Lipinski definition) is 4. The molecule has 7 rings (SSSR count). The maximum atomic E-state index is 6.36. The van der Waals surface area contributed by atoms with Crippen LogP contribution < -0.4 is 0 Å². The molecule has 0 aliphatic rings. The molecule has 0 saturated heterocycles. The number of nitrogens with zero attached hydrogens (tertiary/aromatic N) is 2. The number of thiophene rings is 1. The van der Waals surface area contributed by atoms with Crippen molar-refractivity contribution >= 4 is 43.4 Å². The molecule has 0 fully saturated rings. The van der Waals surface area contributed by atoms with Crippen LogP contribution >= 0.6 is 11.3 Å². The van der Waals surface area contributed by atoms with Crippen LogP contribution in [0.15, 0.2) is 77.5 Å². The fraction of sp³-hybridized carbons (Fsp3) is 0.250.